The van der Waals surface area contributed by atoms with Crippen LogP contribution in [0.25, 0.3) is 0 Å². The molecule has 3 rings (SSSR count). The van der Waals surface area contributed by atoms with Crippen molar-refractivity contribution in [3.8, 4) is 0 Å². The molecule has 1 amide bonds. The molecule has 1 aromatic rings. The average Bonchev–Trinajstić information content (AvgIpc) is 3.21. The maximum atomic E-state index is 12.6. The van der Waals surface area contributed by atoms with Crippen LogP contribution >= 0.6 is 0 Å². The summed E-state index contributed by atoms with van der Waals surface area (Å²) in [5.41, 5.74) is 0.663. The minimum atomic E-state index is -0.805. The molecule has 1 N–H and O–H groups in total. The van der Waals surface area contributed by atoms with Crippen molar-refractivity contribution in [2.75, 3.05) is 13.2 Å². The van der Waals surface area contributed by atoms with E-state index in [1.165, 1.54) is 0 Å². The summed E-state index contributed by atoms with van der Waals surface area (Å²) in [5.74, 6) is -0.391. The van der Waals surface area contributed by atoms with Crippen molar-refractivity contribution in [1.82, 2.24) is 10.3 Å². The van der Waals surface area contributed by atoms with Crippen LogP contribution in [-0.2, 0) is 14.3 Å². The van der Waals surface area contributed by atoms with Crippen molar-refractivity contribution < 1.29 is 19.1 Å². The Hall–Kier alpha value is -2.28. The van der Waals surface area contributed by atoms with Crippen LogP contribution in [0.3, 0.4) is 0 Å². The predicted molar refractivity (Wildman–Crippen MR) is 96.2 cm³/mol. The number of nitrogens with one attached hydrogen (secondary N) is 1. The summed E-state index contributed by atoms with van der Waals surface area (Å²) >= 11 is 0. The van der Waals surface area contributed by atoms with Gasteiger partial charge in [0.15, 0.2) is 5.84 Å². The molecule has 2 aliphatic rings. The van der Waals surface area contributed by atoms with Crippen LogP contribution < -0.4 is 5.32 Å². The highest BCUT2D eigenvalue weighted by molar-refractivity contribution is 6.16. The first-order valence-corrected chi connectivity index (χ1v) is 8.98. The summed E-state index contributed by atoms with van der Waals surface area (Å²) in [4.78, 5) is 33.4. The number of amidine groups is 1. The molecule has 0 radical (unpaired) electrons. The number of hydrogen-bond acceptors (Lipinski definition) is 6. The molecule has 26 heavy (non-hydrogen) atoms. The Kier molecular flexibility index (Phi) is 5.09. The van der Waals surface area contributed by atoms with Crippen molar-refractivity contribution >= 4 is 17.7 Å². The van der Waals surface area contributed by atoms with Gasteiger partial charge in [-0.1, -0.05) is 13.8 Å². The molecule has 1 fully saturated rings. The third-order valence-corrected chi connectivity index (χ3v) is 5.08. The van der Waals surface area contributed by atoms with Crippen LogP contribution in [0.4, 0.5) is 0 Å². The van der Waals surface area contributed by atoms with Gasteiger partial charge < -0.3 is 14.8 Å². The fourth-order valence-electron chi connectivity index (χ4n) is 2.98. The van der Waals surface area contributed by atoms with E-state index in [0.717, 1.165) is 18.4 Å². The molecule has 2 aliphatic heterocycles. The third-order valence-electron chi connectivity index (χ3n) is 5.08. The fraction of sp³-hybridized carbons (Fsp3) is 0.579. The number of aromatic nitrogens is 1. The highest BCUT2D eigenvalue weighted by Gasteiger charge is 2.43. The van der Waals surface area contributed by atoms with Gasteiger partial charge in [0.25, 0.3) is 5.91 Å². The summed E-state index contributed by atoms with van der Waals surface area (Å²) in [6.45, 7) is 8.47. The van der Waals surface area contributed by atoms with Gasteiger partial charge in [0, 0.05) is 12.8 Å². The molecule has 140 valence electrons. The highest BCUT2D eigenvalue weighted by atomic mass is 16.6. The number of hydrogen-bond donors (Lipinski definition) is 1. The number of carbonyl (C=O) groups excluding carboxylic acids is 2. The van der Waals surface area contributed by atoms with Gasteiger partial charge in [0.1, 0.15) is 17.8 Å². The number of nitrogens with zero attached hydrogens (tertiary/aromatic N) is 2. The van der Waals surface area contributed by atoms with E-state index in [4.69, 9.17) is 9.47 Å². The maximum Gasteiger partial charge on any atom is 0.340 e. The minimum Gasteiger partial charge on any atom is -0.459 e. The molecule has 0 aromatic carbocycles. The lowest BCUT2D eigenvalue weighted by Gasteiger charge is -2.27. The number of amides is 1. The molecule has 2 unspecified atom stereocenters. The summed E-state index contributed by atoms with van der Waals surface area (Å²) in [7, 11) is 0. The van der Waals surface area contributed by atoms with Gasteiger partial charge in [-0.2, -0.15) is 4.99 Å². The first kappa shape index (κ1) is 18.5. The van der Waals surface area contributed by atoms with Crippen molar-refractivity contribution in [3.05, 3.63) is 29.1 Å². The van der Waals surface area contributed by atoms with E-state index < -0.39 is 11.5 Å². The zero-order chi connectivity index (χ0) is 18.9. The summed E-state index contributed by atoms with van der Waals surface area (Å²) in [5, 5.41) is 3.15. The number of rotatable bonds is 5. The predicted octanol–water partition coefficient (Wildman–Crippen LogP) is 2.02. The number of pyridine rings is 1. The Bertz CT molecular complexity index is 753. The summed E-state index contributed by atoms with van der Waals surface area (Å²) < 4.78 is 10.9. The van der Waals surface area contributed by atoms with Gasteiger partial charge in [-0.05, 0) is 44.2 Å². The molecule has 0 saturated carbocycles. The van der Waals surface area contributed by atoms with E-state index in [9.17, 15) is 9.59 Å². The Morgan fingerprint density at radius 1 is 1.50 bits per heavy atom. The summed E-state index contributed by atoms with van der Waals surface area (Å²) in [6, 6.07) is 1.71. The van der Waals surface area contributed by atoms with Crippen LogP contribution in [0.2, 0.25) is 0 Å². The number of aryl methyl sites for hydroxylation is 1. The molecule has 7 nitrogen and oxygen atoms in total. The molecular weight excluding hydrogens is 334 g/mol. The van der Waals surface area contributed by atoms with E-state index in [0.29, 0.717) is 23.7 Å². The number of aliphatic imine (C=N–C) groups is 1. The van der Waals surface area contributed by atoms with E-state index in [2.05, 4.69) is 15.3 Å². The summed E-state index contributed by atoms with van der Waals surface area (Å²) in [6.07, 6.45) is 3.47. The Morgan fingerprint density at radius 3 is 2.88 bits per heavy atom. The van der Waals surface area contributed by atoms with Crippen LogP contribution in [0.15, 0.2) is 17.3 Å². The number of esters is 1. The number of carbonyl (C=O) groups is 2. The van der Waals surface area contributed by atoms with Crippen molar-refractivity contribution in [2.24, 2.45) is 10.9 Å². The average molecular weight is 359 g/mol. The molecule has 3 heterocycles. The lowest BCUT2D eigenvalue weighted by molar-refractivity contribution is -0.123. The molecule has 0 aliphatic carbocycles. The van der Waals surface area contributed by atoms with Gasteiger partial charge in [0.2, 0.25) is 0 Å². The third kappa shape index (κ3) is 3.49. The normalized spacial score (nSPS) is 25.3. The zero-order valence-corrected chi connectivity index (χ0v) is 15.7. The standard InChI is InChI=1S/C19H25N3O4/c1-11(2)19(4)18(24)21-16(22-19)15-14(8-12(3)9-20-15)17(23)26-10-13-6-5-7-25-13/h8-9,11,13H,5-7,10H2,1-4H3,(H,21,22,24). The molecule has 1 aromatic heterocycles. The van der Waals surface area contributed by atoms with E-state index in [1.807, 2.05) is 20.8 Å². The monoisotopic (exact) mass is 359 g/mol. The van der Waals surface area contributed by atoms with E-state index >= 15 is 0 Å². The van der Waals surface area contributed by atoms with Gasteiger partial charge in [-0.25, -0.2) is 4.79 Å². The SMILES string of the molecule is Cc1cnc(C2=NC(=O)C(C)(C(C)C)N2)c(C(=O)OCC2CCCO2)c1. The Labute approximate surface area is 153 Å². The Balaban J connectivity index is 1.83. The first-order chi connectivity index (χ1) is 12.3. The quantitative estimate of drug-likeness (QED) is 0.809. The second-order valence-corrected chi connectivity index (χ2v) is 7.39. The molecule has 1 saturated heterocycles. The second-order valence-electron chi connectivity index (χ2n) is 7.39. The van der Waals surface area contributed by atoms with Crippen LogP contribution in [-0.4, -0.2) is 47.6 Å². The fourth-order valence-corrected chi connectivity index (χ4v) is 2.98. The molecule has 7 heteroatoms. The molecular formula is C19H25N3O4. The Morgan fingerprint density at radius 2 is 2.27 bits per heavy atom. The maximum absolute atomic E-state index is 12.6. The zero-order valence-electron chi connectivity index (χ0n) is 15.7. The highest BCUT2D eigenvalue weighted by Crippen LogP contribution is 2.25. The van der Waals surface area contributed by atoms with Crippen LogP contribution in [0.5, 0.6) is 0 Å². The number of ether oxygens (including phenoxy) is 2. The minimum absolute atomic E-state index is 0.0385. The van der Waals surface area contributed by atoms with Gasteiger partial charge in [-0.3, -0.25) is 9.78 Å². The lowest BCUT2D eigenvalue weighted by atomic mass is 9.88. The molecule has 0 bridgehead atoms. The van der Waals surface area contributed by atoms with Crippen molar-refractivity contribution in [3.63, 3.8) is 0 Å². The first-order valence-electron chi connectivity index (χ1n) is 8.98. The van der Waals surface area contributed by atoms with Gasteiger partial charge >= 0.3 is 5.97 Å². The van der Waals surface area contributed by atoms with Gasteiger partial charge in [-0.15, -0.1) is 0 Å². The van der Waals surface area contributed by atoms with Crippen LogP contribution in [0.1, 0.15) is 55.2 Å². The van der Waals surface area contributed by atoms with Crippen molar-refractivity contribution in [2.45, 2.75) is 52.2 Å². The topological polar surface area (TPSA) is 89.9 Å². The lowest BCUT2D eigenvalue weighted by Crippen LogP contribution is -2.50. The van der Waals surface area contributed by atoms with Crippen LogP contribution in [0, 0.1) is 12.8 Å². The van der Waals surface area contributed by atoms with E-state index in [-0.39, 0.29) is 24.5 Å². The molecule has 0 spiro atoms. The molecule has 2 atom stereocenters. The van der Waals surface area contributed by atoms with Gasteiger partial charge in [0.05, 0.1) is 11.7 Å². The van der Waals surface area contributed by atoms with E-state index in [1.54, 1.807) is 19.2 Å². The smallest absolute Gasteiger partial charge is 0.340 e. The second kappa shape index (κ2) is 7.15. The largest absolute Gasteiger partial charge is 0.459 e. The van der Waals surface area contributed by atoms with Crippen molar-refractivity contribution in [1.29, 1.82) is 0 Å².